The van der Waals surface area contributed by atoms with Gasteiger partial charge in [-0.1, -0.05) is 18.2 Å². The maximum atomic E-state index is 11.9. The molecule has 0 spiro atoms. The van der Waals surface area contributed by atoms with Crippen LogP contribution in [0.5, 0.6) is 5.88 Å². The van der Waals surface area contributed by atoms with Gasteiger partial charge in [-0.2, -0.15) is 0 Å². The molecule has 1 heterocycles. The van der Waals surface area contributed by atoms with Crippen molar-refractivity contribution in [3.63, 3.8) is 0 Å². The van der Waals surface area contributed by atoms with E-state index in [2.05, 4.69) is 4.98 Å². The monoisotopic (exact) mass is 258 g/mol. The first kappa shape index (κ1) is 12.2. The van der Waals surface area contributed by atoms with E-state index in [9.17, 15) is 4.79 Å². The summed E-state index contributed by atoms with van der Waals surface area (Å²) in [6.07, 6.45) is 4.05. The molecule has 0 amide bonds. The molecule has 0 bridgehead atoms. The minimum absolute atomic E-state index is 0.0967. The van der Waals surface area contributed by atoms with Gasteiger partial charge in [0.2, 0.25) is 0 Å². The fourth-order valence-electron chi connectivity index (χ4n) is 2.64. The second kappa shape index (κ2) is 5.05. The zero-order valence-electron chi connectivity index (χ0n) is 10.8. The number of fused-ring (bicyclic) bond motifs is 1. The van der Waals surface area contributed by atoms with Crippen LogP contribution >= 0.6 is 0 Å². The number of benzene rings is 1. The van der Waals surface area contributed by atoms with E-state index < -0.39 is 0 Å². The molecule has 3 rings (SSSR count). The Hall–Kier alpha value is -1.81. The number of H-pyrrole nitrogens is 1. The average molecular weight is 258 g/mol. The van der Waals surface area contributed by atoms with Crippen LogP contribution in [-0.2, 0) is 0 Å². The molecule has 1 aliphatic rings. The number of aromatic nitrogens is 1. The van der Waals surface area contributed by atoms with E-state index >= 15 is 0 Å². The molecule has 4 nitrogen and oxygen atoms in total. The minimum Gasteiger partial charge on any atom is -0.476 e. The molecule has 1 saturated carbocycles. The van der Waals surface area contributed by atoms with Gasteiger partial charge in [-0.15, -0.1) is 0 Å². The molecule has 0 unspecified atom stereocenters. The largest absolute Gasteiger partial charge is 0.476 e. The second-order valence-corrected chi connectivity index (χ2v) is 5.20. The number of pyridine rings is 1. The lowest BCUT2D eigenvalue weighted by Gasteiger charge is -2.26. The molecular weight excluding hydrogens is 240 g/mol. The average Bonchev–Trinajstić information content (AvgIpc) is 2.42. The number of hydrogen-bond donors (Lipinski definition) is 2. The van der Waals surface area contributed by atoms with Gasteiger partial charge in [-0.05, 0) is 37.1 Å². The molecule has 19 heavy (non-hydrogen) atoms. The van der Waals surface area contributed by atoms with Gasteiger partial charge in [0.25, 0.3) is 5.56 Å². The third kappa shape index (κ3) is 2.63. The Labute approximate surface area is 111 Å². The van der Waals surface area contributed by atoms with Gasteiger partial charge in [-0.3, -0.25) is 9.78 Å². The summed E-state index contributed by atoms with van der Waals surface area (Å²) in [5.74, 6) is 0.559. The maximum absolute atomic E-state index is 11.9. The quantitative estimate of drug-likeness (QED) is 0.867. The predicted molar refractivity (Wildman–Crippen MR) is 75.4 cm³/mol. The molecule has 0 radical (unpaired) electrons. The van der Waals surface area contributed by atoms with Crippen molar-refractivity contribution in [2.45, 2.75) is 37.8 Å². The number of nitrogens with two attached hydrogens (primary N) is 1. The summed E-state index contributed by atoms with van der Waals surface area (Å²) in [5, 5.41) is 1.61. The van der Waals surface area contributed by atoms with E-state index in [0.717, 1.165) is 31.1 Å². The number of aromatic amines is 1. The Kier molecular flexibility index (Phi) is 3.25. The highest BCUT2D eigenvalue weighted by molar-refractivity contribution is 5.82. The molecule has 0 saturated heterocycles. The van der Waals surface area contributed by atoms with Gasteiger partial charge in [0.05, 0.1) is 0 Å². The van der Waals surface area contributed by atoms with E-state index in [0.29, 0.717) is 17.3 Å². The molecule has 0 atom stereocenters. The second-order valence-electron chi connectivity index (χ2n) is 5.20. The molecule has 1 fully saturated rings. The van der Waals surface area contributed by atoms with E-state index in [4.69, 9.17) is 10.5 Å². The Morgan fingerprint density at radius 2 is 1.89 bits per heavy atom. The smallest absolute Gasteiger partial charge is 0.258 e. The first-order chi connectivity index (χ1) is 9.22. The van der Waals surface area contributed by atoms with Crippen LogP contribution < -0.4 is 16.0 Å². The fraction of sp³-hybridized carbons (Fsp3) is 0.400. The highest BCUT2D eigenvalue weighted by atomic mass is 16.5. The van der Waals surface area contributed by atoms with Gasteiger partial charge < -0.3 is 10.5 Å². The first-order valence-corrected chi connectivity index (χ1v) is 6.76. The van der Waals surface area contributed by atoms with Crippen molar-refractivity contribution in [3.8, 4) is 5.88 Å². The van der Waals surface area contributed by atoms with Crippen LogP contribution in [0.2, 0.25) is 0 Å². The standard InChI is InChI=1S/C15H18N2O2/c16-11-5-7-12(8-6-11)19-14-9-10-3-1-2-4-13(10)15(18)17-14/h1-4,9,11-12H,5-8,16H2,(H,17,18). The van der Waals surface area contributed by atoms with E-state index in [1.165, 1.54) is 0 Å². The normalized spacial score (nSPS) is 23.4. The van der Waals surface area contributed by atoms with Gasteiger partial charge in [0.15, 0.2) is 5.88 Å². The zero-order valence-corrected chi connectivity index (χ0v) is 10.8. The van der Waals surface area contributed by atoms with Crippen LogP contribution in [0.4, 0.5) is 0 Å². The van der Waals surface area contributed by atoms with Gasteiger partial charge >= 0.3 is 0 Å². The molecular formula is C15H18N2O2. The molecule has 1 aromatic heterocycles. The number of rotatable bonds is 2. The molecule has 100 valence electrons. The summed E-state index contributed by atoms with van der Waals surface area (Å²) < 4.78 is 5.88. The van der Waals surface area contributed by atoms with Crippen LogP contribution in [-0.4, -0.2) is 17.1 Å². The summed E-state index contributed by atoms with van der Waals surface area (Å²) in [6, 6.07) is 9.72. The van der Waals surface area contributed by atoms with Crippen molar-refractivity contribution in [1.82, 2.24) is 4.98 Å². The van der Waals surface area contributed by atoms with E-state index in [1.807, 2.05) is 30.3 Å². The molecule has 1 aliphatic carbocycles. The van der Waals surface area contributed by atoms with Crippen LogP contribution in [0.25, 0.3) is 10.8 Å². The van der Waals surface area contributed by atoms with Crippen molar-refractivity contribution >= 4 is 10.8 Å². The molecule has 0 aliphatic heterocycles. The molecule has 2 aromatic rings. The van der Waals surface area contributed by atoms with Crippen molar-refractivity contribution in [3.05, 3.63) is 40.7 Å². The van der Waals surface area contributed by atoms with Crippen LogP contribution in [0, 0.1) is 0 Å². The summed E-state index contributed by atoms with van der Waals surface area (Å²) in [7, 11) is 0. The Morgan fingerprint density at radius 3 is 2.68 bits per heavy atom. The Balaban J connectivity index is 1.83. The highest BCUT2D eigenvalue weighted by Crippen LogP contribution is 2.22. The van der Waals surface area contributed by atoms with Crippen molar-refractivity contribution < 1.29 is 4.74 Å². The SMILES string of the molecule is NC1CCC(Oc2cc3ccccc3c(=O)[nH]2)CC1. The van der Waals surface area contributed by atoms with Gasteiger partial charge in [0.1, 0.15) is 6.10 Å². The molecule has 1 aromatic carbocycles. The summed E-state index contributed by atoms with van der Waals surface area (Å²) in [5.41, 5.74) is 5.78. The lowest BCUT2D eigenvalue weighted by molar-refractivity contribution is 0.141. The number of nitrogens with one attached hydrogen (secondary N) is 1. The predicted octanol–water partition coefficient (Wildman–Crippen LogP) is 2.18. The Morgan fingerprint density at radius 1 is 1.16 bits per heavy atom. The van der Waals surface area contributed by atoms with Gasteiger partial charge in [0, 0.05) is 17.5 Å². The number of hydrogen-bond acceptors (Lipinski definition) is 3. The third-order valence-corrected chi connectivity index (χ3v) is 3.74. The molecule has 4 heteroatoms. The van der Waals surface area contributed by atoms with E-state index in [-0.39, 0.29) is 11.7 Å². The van der Waals surface area contributed by atoms with E-state index in [1.54, 1.807) is 0 Å². The first-order valence-electron chi connectivity index (χ1n) is 6.76. The lowest BCUT2D eigenvalue weighted by atomic mass is 9.94. The zero-order chi connectivity index (χ0) is 13.2. The number of ether oxygens (including phenoxy) is 1. The summed E-state index contributed by atoms with van der Waals surface area (Å²) in [6.45, 7) is 0. The topological polar surface area (TPSA) is 68.1 Å². The summed E-state index contributed by atoms with van der Waals surface area (Å²) in [4.78, 5) is 14.7. The van der Waals surface area contributed by atoms with Gasteiger partial charge in [-0.25, -0.2) is 0 Å². The van der Waals surface area contributed by atoms with Crippen LogP contribution in [0.1, 0.15) is 25.7 Å². The summed E-state index contributed by atoms with van der Waals surface area (Å²) >= 11 is 0. The van der Waals surface area contributed by atoms with Crippen molar-refractivity contribution in [1.29, 1.82) is 0 Å². The lowest BCUT2D eigenvalue weighted by Crippen LogP contribution is -2.32. The van der Waals surface area contributed by atoms with Crippen molar-refractivity contribution in [2.75, 3.05) is 0 Å². The minimum atomic E-state index is -0.0967. The highest BCUT2D eigenvalue weighted by Gasteiger charge is 2.20. The van der Waals surface area contributed by atoms with Crippen LogP contribution in [0.15, 0.2) is 35.1 Å². The van der Waals surface area contributed by atoms with Crippen LogP contribution in [0.3, 0.4) is 0 Å². The maximum Gasteiger partial charge on any atom is 0.258 e. The molecule has 3 N–H and O–H groups in total. The fourth-order valence-corrected chi connectivity index (χ4v) is 2.64. The Bertz CT molecular complexity index is 627. The third-order valence-electron chi connectivity index (χ3n) is 3.74. The van der Waals surface area contributed by atoms with Crippen molar-refractivity contribution in [2.24, 2.45) is 5.73 Å².